The third-order valence-corrected chi connectivity index (χ3v) is 4.92. The predicted molar refractivity (Wildman–Crippen MR) is 116 cm³/mol. The molecule has 1 amide bonds. The molecule has 2 aromatic heterocycles. The molecule has 7 heteroatoms. The first kappa shape index (κ1) is 19.1. The second kappa shape index (κ2) is 7.62. The van der Waals surface area contributed by atoms with Gasteiger partial charge < -0.3 is 15.5 Å². The first-order valence-corrected chi connectivity index (χ1v) is 9.47. The van der Waals surface area contributed by atoms with Crippen LogP contribution in [0.4, 0.5) is 11.4 Å². The molecule has 0 saturated heterocycles. The topological polar surface area (TPSA) is 76.6 Å². The summed E-state index contributed by atoms with van der Waals surface area (Å²) in [6, 6.07) is 18.8. The molecular formula is C22H15Cl2N3O2. The van der Waals surface area contributed by atoms with Crippen molar-refractivity contribution < 1.29 is 9.59 Å². The number of benzene rings is 2. The molecular weight excluding hydrogens is 409 g/mol. The maximum atomic E-state index is 13.1. The fourth-order valence-electron chi connectivity index (χ4n) is 3.24. The average molecular weight is 424 g/mol. The summed E-state index contributed by atoms with van der Waals surface area (Å²) in [5.74, 6) is -0.731. The zero-order valence-corrected chi connectivity index (χ0v) is 16.5. The average Bonchev–Trinajstić information content (AvgIpc) is 2.99. The molecule has 0 saturated carbocycles. The Morgan fingerprint density at radius 1 is 0.897 bits per heavy atom. The third kappa shape index (κ3) is 3.58. The van der Waals surface area contributed by atoms with E-state index >= 15 is 0 Å². The van der Waals surface area contributed by atoms with Crippen molar-refractivity contribution in [2.45, 2.75) is 0 Å². The standard InChI is InChI=1S/C22H15Cl2N3O2/c23-14-10-15(24)12-16(11-14)26-22(29)18-17-8-4-5-9-27(17)20(19(18)25)21(28)13-6-2-1-3-7-13/h1-12H,25H2,(H,26,29). The Kier molecular flexibility index (Phi) is 5.01. The molecule has 0 fully saturated rings. The van der Waals surface area contributed by atoms with Gasteiger partial charge in [-0.15, -0.1) is 0 Å². The highest BCUT2D eigenvalue weighted by atomic mass is 35.5. The summed E-state index contributed by atoms with van der Waals surface area (Å²) in [5.41, 5.74) is 8.30. The van der Waals surface area contributed by atoms with Gasteiger partial charge in [0.15, 0.2) is 0 Å². The Morgan fingerprint density at radius 3 is 2.24 bits per heavy atom. The number of hydrogen-bond acceptors (Lipinski definition) is 3. The highest BCUT2D eigenvalue weighted by Crippen LogP contribution is 2.30. The van der Waals surface area contributed by atoms with Crippen LogP contribution in [-0.2, 0) is 0 Å². The van der Waals surface area contributed by atoms with Crippen LogP contribution in [0.3, 0.4) is 0 Å². The molecule has 0 bridgehead atoms. The molecule has 4 rings (SSSR count). The van der Waals surface area contributed by atoms with Gasteiger partial charge in [0, 0.05) is 27.5 Å². The summed E-state index contributed by atoms with van der Waals surface area (Å²) < 4.78 is 1.63. The second-order valence-electron chi connectivity index (χ2n) is 6.40. The summed E-state index contributed by atoms with van der Waals surface area (Å²) >= 11 is 12.0. The van der Waals surface area contributed by atoms with E-state index in [1.54, 1.807) is 71.3 Å². The number of halogens is 2. The van der Waals surface area contributed by atoms with E-state index in [-0.39, 0.29) is 22.7 Å². The number of amides is 1. The summed E-state index contributed by atoms with van der Waals surface area (Å²) in [6.45, 7) is 0. The maximum Gasteiger partial charge on any atom is 0.259 e. The maximum absolute atomic E-state index is 13.1. The normalized spacial score (nSPS) is 10.8. The van der Waals surface area contributed by atoms with Crippen molar-refractivity contribution in [3.05, 3.63) is 99.8 Å². The molecule has 2 aromatic carbocycles. The zero-order chi connectivity index (χ0) is 20.5. The smallest absolute Gasteiger partial charge is 0.259 e. The minimum Gasteiger partial charge on any atom is -0.396 e. The molecule has 0 aliphatic heterocycles. The molecule has 144 valence electrons. The number of pyridine rings is 1. The number of rotatable bonds is 4. The van der Waals surface area contributed by atoms with Crippen LogP contribution >= 0.6 is 23.2 Å². The number of nitrogens with two attached hydrogens (primary N) is 1. The molecule has 0 atom stereocenters. The number of hydrogen-bond donors (Lipinski definition) is 2. The number of ketones is 1. The number of nitrogens with one attached hydrogen (secondary N) is 1. The van der Waals surface area contributed by atoms with E-state index in [1.807, 2.05) is 6.07 Å². The summed E-state index contributed by atoms with van der Waals surface area (Å²) in [6.07, 6.45) is 1.70. The van der Waals surface area contributed by atoms with Crippen molar-refractivity contribution in [1.82, 2.24) is 4.40 Å². The molecule has 29 heavy (non-hydrogen) atoms. The van der Waals surface area contributed by atoms with E-state index in [9.17, 15) is 9.59 Å². The van der Waals surface area contributed by atoms with Crippen LogP contribution in [0.1, 0.15) is 26.4 Å². The minimum absolute atomic E-state index is 0.107. The van der Waals surface area contributed by atoms with Gasteiger partial charge in [0.1, 0.15) is 5.69 Å². The van der Waals surface area contributed by atoms with Gasteiger partial charge in [-0.1, -0.05) is 59.6 Å². The predicted octanol–water partition coefficient (Wildman–Crippen LogP) is 5.31. The minimum atomic E-state index is -0.461. The molecule has 0 aliphatic carbocycles. The third-order valence-electron chi connectivity index (χ3n) is 4.48. The number of carbonyl (C=O) groups excluding carboxylic acids is 2. The van der Waals surface area contributed by atoms with Gasteiger partial charge in [0.05, 0.1) is 16.8 Å². The van der Waals surface area contributed by atoms with Crippen molar-refractivity contribution in [3.63, 3.8) is 0 Å². The van der Waals surface area contributed by atoms with E-state index in [2.05, 4.69) is 5.32 Å². The van der Waals surface area contributed by atoms with E-state index in [0.29, 0.717) is 26.8 Å². The van der Waals surface area contributed by atoms with Crippen LogP contribution in [0.2, 0.25) is 10.0 Å². The number of aromatic nitrogens is 1. The molecule has 0 radical (unpaired) electrons. The van der Waals surface area contributed by atoms with Gasteiger partial charge in [-0.25, -0.2) is 0 Å². The Hall–Kier alpha value is -3.28. The second-order valence-corrected chi connectivity index (χ2v) is 7.27. The molecule has 4 aromatic rings. The van der Waals surface area contributed by atoms with Crippen molar-refractivity contribution >= 4 is 51.8 Å². The fourth-order valence-corrected chi connectivity index (χ4v) is 3.77. The van der Waals surface area contributed by atoms with Crippen LogP contribution in [0, 0.1) is 0 Å². The van der Waals surface area contributed by atoms with Crippen LogP contribution < -0.4 is 11.1 Å². The summed E-state index contributed by atoms with van der Waals surface area (Å²) in [5, 5.41) is 3.53. The lowest BCUT2D eigenvalue weighted by atomic mass is 10.1. The van der Waals surface area contributed by atoms with Gasteiger partial charge in [-0.05, 0) is 30.3 Å². The SMILES string of the molecule is Nc1c(C(=O)Nc2cc(Cl)cc(Cl)c2)c2ccccn2c1C(=O)c1ccccc1. The lowest BCUT2D eigenvalue weighted by Gasteiger charge is -2.07. The number of carbonyl (C=O) groups is 2. The highest BCUT2D eigenvalue weighted by molar-refractivity contribution is 6.35. The number of anilines is 2. The van der Waals surface area contributed by atoms with Crippen LogP contribution in [-0.4, -0.2) is 16.1 Å². The number of fused-ring (bicyclic) bond motifs is 1. The molecule has 0 aliphatic rings. The van der Waals surface area contributed by atoms with Crippen LogP contribution in [0.5, 0.6) is 0 Å². The van der Waals surface area contributed by atoms with Gasteiger partial charge in [0.25, 0.3) is 5.91 Å². The zero-order valence-electron chi connectivity index (χ0n) is 15.0. The van der Waals surface area contributed by atoms with E-state index in [4.69, 9.17) is 28.9 Å². The van der Waals surface area contributed by atoms with E-state index < -0.39 is 5.91 Å². The number of nitrogen functional groups attached to an aromatic ring is 1. The van der Waals surface area contributed by atoms with Gasteiger partial charge in [-0.2, -0.15) is 0 Å². The Balaban J connectivity index is 1.82. The van der Waals surface area contributed by atoms with Gasteiger partial charge >= 0.3 is 0 Å². The van der Waals surface area contributed by atoms with Crippen molar-refractivity contribution in [3.8, 4) is 0 Å². The monoisotopic (exact) mass is 423 g/mol. The Morgan fingerprint density at radius 2 is 1.55 bits per heavy atom. The highest BCUT2D eigenvalue weighted by Gasteiger charge is 2.26. The molecule has 3 N–H and O–H groups in total. The largest absolute Gasteiger partial charge is 0.396 e. The first-order chi connectivity index (χ1) is 14.0. The van der Waals surface area contributed by atoms with Gasteiger partial charge in [0.2, 0.25) is 5.78 Å². The molecule has 0 unspecified atom stereocenters. The summed E-state index contributed by atoms with van der Waals surface area (Å²) in [4.78, 5) is 26.1. The number of nitrogens with zero attached hydrogens (tertiary/aromatic N) is 1. The van der Waals surface area contributed by atoms with Crippen molar-refractivity contribution in [2.75, 3.05) is 11.1 Å². The first-order valence-electron chi connectivity index (χ1n) is 8.71. The lowest BCUT2D eigenvalue weighted by molar-refractivity contribution is 0.102. The molecule has 5 nitrogen and oxygen atoms in total. The van der Waals surface area contributed by atoms with Crippen LogP contribution in [0.25, 0.3) is 5.52 Å². The molecule has 2 heterocycles. The van der Waals surface area contributed by atoms with Crippen molar-refractivity contribution in [2.24, 2.45) is 0 Å². The summed E-state index contributed by atoms with van der Waals surface area (Å²) in [7, 11) is 0. The molecule has 0 spiro atoms. The quantitative estimate of drug-likeness (QED) is 0.436. The van der Waals surface area contributed by atoms with E-state index in [0.717, 1.165) is 0 Å². The van der Waals surface area contributed by atoms with Gasteiger partial charge in [-0.3, -0.25) is 9.59 Å². The Bertz CT molecular complexity index is 1230. The Labute approximate surface area is 176 Å². The van der Waals surface area contributed by atoms with E-state index in [1.165, 1.54) is 0 Å². The van der Waals surface area contributed by atoms with Crippen LogP contribution in [0.15, 0.2) is 72.9 Å². The fraction of sp³-hybridized carbons (Fsp3) is 0. The lowest BCUT2D eigenvalue weighted by Crippen LogP contribution is -2.14. The van der Waals surface area contributed by atoms with Crippen molar-refractivity contribution in [1.29, 1.82) is 0 Å².